The minimum Gasteiger partial charge on any atom is -0.482 e. The summed E-state index contributed by atoms with van der Waals surface area (Å²) in [6, 6.07) is 6.99. The molecule has 2 aromatic rings. The minimum absolute atomic E-state index is 0.191. The smallest absolute Gasteiger partial charge is 0.277 e. The number of nitrogens with one attached hydrogen (secondary N) is 1. The van der Waals surface area contributed by atoms with Gasteiger partial charge in [-0.2, -0.15) is 0 Å². The van der Waals surface area contributed by atoms with Crippen LogP contribution in [0.4, 0.5) is 22.7 Å². The number of carbonyl (C=O) groups is 3. The lowest BCUT2D eigenvalue weighted by Gasteiger charge is -2.31. The highest BCUT2D eigenvalue weighted by Crippen LogP contribution is 2.35. The first kappa shape index (κ1) is 24.1. The predicted octanol–water partition coefficient (Wildman–Crippen LogP) is 2.35. The number of likely N-dealkylation sites (N-methyl/N-ethyl adjacent to an activating group) is 1. The van der Waals surface area contributed by atoms with Crippen molar-refractivity contribution in [1.82, 2.24) is 4.90 Å². The fourth-order valence-electron chi connectivity index (χ4n) is 3.41. The maximum absolute atomic E-state index is 12.7. The van der Waals surface area contributed by atoms with E-state index in [2.05, 4.69) is 5.32 Å². The molecule has 178 valence electrons. The largest absolute Gasteiger partial charge is 0.482 e. The summed E-state index contributed by atoms with van der Waals surface area (Å²) in [5.74, 6) is -1.20. The summed E-state index contributed by atoms with van der Waals surface area (Å²) in [4.78, 5) is 61.0. The molecule has 13 nitrogen and oxygen atoms in total. The third-order valence-electron chi connectivity index (χ3n) is 5.16. The van der Waals surface area contributed by atoms with Crippen molar-refractivity contribution in [2.45, 2.75) is 13.8 Å². The van der Waals surface area contributed by atoms with Crippen LogP contribution in [0.1, 0.15) is 24.2 Å². The molecule has 0 aromatic heterocycles. The average Bonchev–Trinajstić information content (AvgIpc) is 2.81. The van der Waals surface area contributed by atoms with E-state index >= 15 is 0 Å². The first-order valence-electron chi connectivity index (χ1n) is 10.2. The zero-order chi connectivity index (χ0) is 25.0. The van der Waals surface area contributed by atoms with Crippen LogP contribution in [-0.2, 0) is 9.59 Å². The van der Waals surface area contributed by atoms with Gasteiger partial charge in [-0.3, -0.25) is 39.5 Å². The molecule has 2 aromatic carbocycles. The second kappa shape index (κ2) is 9.94. The molecule has 0 atom stereocenters. The standard InChI is InChI=1S/C21H21N5O8/c1-3-23(4-2)19(27)11-24-17-9-14(5-6-18(17)34-12-20(24)28)22-21(29)13-7-15(25(30)31)10-16(8-13)26(32)33/h5-10H,3-4,11-12H2,1-2H3,(H,22,29). The molecule has 0 spiro atoms. The van der Waals surface area contributed by atoms with E-state index in [1.807, 2.05) is 13.8 Å². The molecule has 3 rings (SSSR count). The van der Waals surface area contributed by atoms with Gasteiger partial charge in [0.15, 0.2) is 6.61 Å². The predicted molar refractivity (Wildman–Crippen MR) is 120 cm³/mol. The number of anilines is 2. The molecule has 3 amide bonds. The number of nitro groups is 2. The number of nitro benzene ring substituents is 2. The normalized spacial score (nSPS) is 12.4. The number of hydrogen-bond donors (Lipinski definition) is 1. The number of non-ortho nitro benzene ring substituents is 2. The molecule has 1 aliphatic heterocycles. The summed E-state index contributed by atoms with van der Waals surface area (Å²) in [6.45, 7) is 4.13. The maximum Gasteiger partial charge on any atom is 0.277 e. The highest BCUT2D eigenvalue weighted by molar-refractivity contribution is 6.07. The molecule has 0 saturated heterocycles. The number of nitrogens with zero attached hydrogens (tertiary/aromatic N) is 4. The van der Waals surface area contributed by atoms with Gasteiger partial charge in [0.1, 0.15) is 12.3 Å². The van der Waals surface area contributed by atoms with Crippen LogP contribution >= 0.6 is 0 Å². The molecule has 0 unspecified atom stereocenters. The summed E-state index contributed by atoms with van der Waals surface area (Å²) >= 11 is 0. The Balaban J connectivity index is 1.89. The zero-order valence-corrected chi connectivity index (χ0v) is 18.3. The number of hydrogen-bond acceptors (Lipinski definition) is 8. The summed E-state index contributed by atoms with van der Waals surface area (Å²) in [5, 5.41) is 24.7. The Morgan fingerprint density at radius 1 is 1.06 bits per heavy atom. The lowest BCUT2D eigenvalue weighted by Crippen LogP contribution is -2.46. The van der Waals surface area contributed by atoms with E-state index in [9.17, 15) is 34.6 Å². The van der Waals surface area contributed by atoms with Gasteiger partial charge in [0.25, 0.3) is 23.2 Å². The van der Waals surface area contributed by atoms with Crippen LogP contribution in [-0.4, -0.2) is 58.7 Å². The molecule has 0 saturated carbocycles. The minimum atomic E-state index is -0.837. The summed E-state index contributed by atoms with van der Waals surface area (Å²) in [6.07, 6.45) is 0. The van der Waals surface area contributed by atoms with E-state index in [4.69, 9.17) is 4.74 Å². The molecule has 1 aliphatic rings. The molecule has 0 aliphatic carbocycles. The van der Waals surface area contributed by atoms with Gasteiger partial charge in [-0.05, 0) is 32.0 Å². The lowest BCUT2D eigenvalue weighted by atomic mass is 10.1. The molecule has 1 N–H and O–H groups in total. The lowest BCUT2D eigenvalue weighted by molar-refractivity contribution is -0.394. The average molecular weight is 471 g/mol. The Bertz CT molecular complexity index is 1150. The fraction of sp³-hybridized carbons (Fsp3) is 0.286. The van der Waals surface area contributed by atoms with E-state index in [1.54, 1.807) is 4.90 Å². The molecule has 13 heteroatoms. The van der Waals surface area contributed by atoms with Crippen LogP contribution in [0.15, 0.2) is 36.4 Å². The van der Waals surface area contributed by atoms with Crippen molar-refractivity contribution in [3.8, 4) is 5.75 Å². The van der Waals surface area contributed by atoms with Gasteiger partial charge in [0.2, 0.25) is 5.91 Å². The van der Waals surface area contributed by atoms with E-state index in [0.29, 0.717) is 18.8 Å². The van der Waals surface area contributed by atoms with Crippen LogP contribution in [0, 0.1) is 20.2 Å². The van der Waals surface area contributed by atoms with Crippen LogP contribution < -0.4 is 15.0 Å². The molecule has 0 radical (unpaired) electrons. The van der Waals surface area contributed by atoms with Crippen molar-refractivity contribution in [1.29, 1.82) is 0 Å². The summed E-state index contributed by atoms with van der Waals surface area (Å²) in [7, 11) is 0. The van der Waals surface area contributed by atoms with Gasteiger partial charge < -0.3 is 15.0 Å². The Labute approximate surface area is 193 Å². The van der Waals surface area contributed by atoms with Gasteiger partial charge >= 0.3 is 0 Å². The molecule has 1 heterocycles. The van der Waals surface area contributed by atoms with Gasteiger partial charge in [-0.15, -0.1) is 0 Å². The van der Waals surface area contributed by atoms with Gasteiger partial charge in [0.05, 0.1) is 27.2 Å². The van der Waals surface area contributed by atoms with Crippen molar-refractivity contribution in [3.63, 3.8) is 0 Å². The van der Waals surface area contributed by atoms with Crippen molar-refractivity contribution in [3.05, 3.63) is 62.2 Å². The Morgan fingerprint density at radius 3 is 2.24 bits per heavy atom. The van der Waals surface area contributed by atoms with Crippen LogP contribution in [0.5, 0.6) is 5.75 Å². The zero-order valence-electron chi connectivity index (χ0n) is 18.3. The summed E-state index contributed by atoms with van der Waals surface area (Å²) in [5.41, 5.74) is -1.05. The van der Waals surface area contributed by atoms with Crippen LogP contribution in [0.2, 0.25) is 0 Å². The Hall–Kier alpha value is -4.55. The second-order valence-electron chi connectivity index (χ2n) is 7.22. The van der Waals surface area contributed by atoms with E-state index in [0.717, 1.165) is 18.2 Å². The molecule has 0 fully saturated rings. The molecule has 34 heavy (non-hydrogen) atoms. The third kappa shape index (κ3) is 5.09. The highest BCUT2D eigenvalue weighted by atomic mass is 16.6. The maximum atomic E-state index is 12.7. The van der Waals surface area contributed by atoms with E-state index in [1.165, 1.54) is 23.1 Å². The highest BCUT2D eigenvalue weighted by Gasteiger charge is 2.29. The van der Waals surface area contributed by atoms with Crippen molar-refractivity contribution >= 4 is 40.5 Å². The first-order chi connectivity index (χ1) is 16.1. The topological polar surface area (TPSA) is 165 Å². The number of benzene rings is 2. The monoisotopic (exact) mass is 471 g/mol. The van der Waals surface area contributed by atoms with Crippen molar-refractivity contribution in [2.24, 2.45) is 0 Å². The van der Waals surface area contributed by atoms with E-state index in [-0.39, 0.29) is 36.0 Å². The summed E-state index contributed by atoms with van der Waals surface area (Å²) < 4.78 is 5.41. The van der Waals surface area contributed by atoms with Gasteiger partial charge in [0, 0.05) is 30.9 Å². The number of ether oxygens (including phenoxy) is 1. The van der Waals surface area contributed by atoms with Crippen molar-refractivity contribution in [2.75, 3.05) is 36.5 Å². The molecular formula is C21H21N5O8. The Morgan fingerprint density at radius 2 is 1.68 bits per heavy atom. The van der Waals surface area contributed by atoms with Gasteiger partial charge in [-0.1, -0.05) is 0 Å². The van der Waals surface area contributed by atoms with Crippen LogP contribution in [0.25, 0.3) is 0 Å². The fourth-order valence-corrected chi connectivity index (χ4v) is 3.41. The first-order valence-corrected chi connectivity index (χ1v) is 10.2. The Kier molecular flexibility index (Phi) is 7.04. The number of fused-ring (bicyclic) bond motifs is 1. The molecule has 0 bridgehead atoms. The second-order valence-corrected chi connectivity index (χ2v) is 7.22. The number of amides is 3. The number of rotatable bonds is 8. The molecular weight excluding hydrogens is 450 g/mol. The third-order valence-corrected chi connectivity index (χ3v) is 5.16. The van der Waals surface area contributed by atoms with E-state index < -0.39 is 33.0 Å². The van der Waals surface area contributed by atoms with Crippen molar-refractivity contribution < 1.29 is 29.0 Å². The van der Waals surface area contributed by atoms with Crippen LogP contribution in [0.3, 0.4) is 0 Å². The van der Waals surface area contributed by atoms with Gasteiger partial charge in [-0.25, -0.2) is 0 Å². The quantitative estimate of drug-likeness (QED) is 0.452. The number of carbonyl (C=O) groups excluding carboxylic acids is 3. The SMILES string of the molecule is CCN(CC)C(=O)CN1C(=O)COc2ccc(NC(=O)c3cc([N+](=O)[O-])cc([N+](=O)[O-])c3)cc21.